The zero-order chi connectivity index (χ0) is 12.1. The van der Waals surface area contributed by atoms with Gasteiger partial charge in [0, 0.05) is 22.8 Å². The van der Waals surface area contributed by atoms with Crippen LogP contribution < -0.4 is 16.3 Å². The van der Waals surface area contributed by atoms with Gasteiger partial charge in [-0.2, -0.15) is 0 Å². The van der Waals surface area contributed by atoms with E-state index in [1.165, 1.54) is 6.07 Å². The van der Waals surface area contributed by atoms with E-state index in [1.54, 1.807) is 0 Å². The lowest BCUT2D eigenvalue weighted by atomic mass is 9.87. The van der Waals surface area contributed by atoms with Gasteiger partial charge in [0.1, 0.15) is 5.42 Å². The molecule has 3 nitrogen and oxygen atoms in total. The molecule has 1 fully saturated rings. The summed E-state index contributed by atoms with van der Waals surface area (Å²) >= 11 is 0. The molecule has 90 valence electrons. The zero-order valence-electron chi connectivity index (χ0n) is 9.71. The molecular formula is C15H12O3. The summed E-state index contributed by atoms with van der Waals surface area (Å²) in [6.07, 6.45) is 11.3. The molecule has 3 atom stereocenters. The van der Waals surface area contributed by atoms with Gasteiger partial charge in [-0.05, 0) is 12.5 Å². The fourth-order valence-corrected chi connectivity index (χ4v) is 3.00. The molecule has 0 saturated carbocycles. The quantitative estimate of drug-likeness (QED) is 0.662. The lowest BCUT2D eigenvalue weighted by Gasteiger charge is -2.14. The first-order valence-electron chi connectivity index (χ1n) is 6.18. The van der Waals surface area contributed by atoms with Gasteiger partial charge in [-0.1, -0.05) is 30.4 Å². The van der Waals surface area contributed by atoms with Crippen LogP contribution in [0.3, 0.4) is 0 Å². The highest BCUT2D eigenvalue weighted by molar-refractivity contribution is 5.62. The first kappa shape index (κ1) is 10.1. The van der Waals surface area contributed by atoms with E-state index in [-0.39, 0.29) is 23.8 Å². The molecule has 1 saturated heterocycles. The fourth-order valence-electron chi connectivity index (χ4n) is 3.00. The summed E-state index contributed by atoms with van der Waals surface area (Å²) in [5, 5.41) is 1.01. The van der Waals surface area contributed by atoms with Gasteiger partial charge in [0.05, 0.1) is 12.2 Å². The molecule has 18 heavy (non-hydrogen) atoms. The number of rotatable bonds is 0. The van der Waals surface area contributed by atoms with Crippen molar-refractivity contribution >= 4 is 11.6 Å². The Morgan fingerprint density at radius 3 is 3.00 bits per heavy atom. The van der Waals surface area contributed by atoms with Gasteiger partial charge in [-0.25, -0.2) is 4.79 Å². The molecule has 1 aliphatic heterocycles. The molecule has 0 aromatic carbocycles. The molecule has 0 radical (unpaired) electrons. The summed E-state index contributed by atoms with van der Waals surface area (Å²) in [6.45, 7) is 0. The highest BCUT2D eigenvalue weighted by Gasteiger charge is 2.39. The van der Waals surface area contributed by atoms with Gasteiger partial charge in [-0.15, -0.1) is 0 Å². The van der Waals surface area contributed by atoms with E-state index >= 15 is 0 Å². The second-order valence-corrected chi connectivity index (χ2v) is 4.82. The Morgan fingerprint density at radius 1 is 1.17 bits per heavy atom. The third kappa shape index (κ3) is 1.31. The Morgan fingerprint density at radius 2 is 2.06 bits per heavy atom. The Kier molecular flexibility index (Phi) is 2.00. The number of ether oxygens (including phenoxy) is 1. The van der Waals surface area contributed by atoms with Crippen molar-refractivity contribution in [3.8, 4) is 0 Å². The first-order valence-corrected chi connectivity index (χ1v) is 6.18. The molecule has 0 amide bonds. The van der Waals surface area contributed by atoms with E-state index < -0.39 is 0 Å². The van der Waals surface area contributed by atoms with Crippen LogP contribution in [0.2, 0.25) is 0 Å². The molecule has 4 rings (SSSR count). The molecule has 1 aromatic heterocycles. The van der Waals surface area contributed by atoms with Crippen LogP contribution in [0.25, 0.3) is 11.6 Å². The SMILES string of the molecule is O=c1ccc2c(o1)=C1C(CC=2)OC2C=CC=CC12. The van der Waals surface area contributed by atoms with E-state index in [2.05, 4.69) is 18.2 Å². The van der Waals surface area contributed by atoms with Crippen molar-refractivity contribution < 1.29 is 9.15 Å². The number of allylic oxidation sites excluding steroid dienone is 2. The molecule has 3 heteroatoms. The third-order valence-electron chi connectivity index (χ3n) is 3.79. The van der Waals surface area contributed by atoms with Crippen molar-refractivity contribution in [3.63, 3.8) is 0 Å². The summed E-state index contributed by atoms with van der Waals surface area (Å²) in [4.78, 5) is 11.4. The summed E-state index contributed by atoms with van der Waals surface area (Å²) in [5.41, 5.74) is 1.54. The standard InChI is InChI=1S/C15H12O3/c16-13-8-6-9-5-7-12-14(15(9)18-13)10-3-1-2-4-11(10)17-12/h1-6,8,10-12H,7H2. The maximum Gasteiger partial charge on any atom is 0.336 e. The molecule has 3 unspecified atom stereocenters. The van der Waals surface area contributed by atoms with Crippen molar-refractivity contribution in [1.82, 2.24) is 0 Å². The molecule has 3 aliphatic rings. The maximum atomic E-state index is 11.4. The summed E-state index contributed by atoms with van der Waals surface area (Å²) in [5.74, 6) is 0.206. The second kappa shape index (κ2) is 3.56. The second-order valence-electron chi connectivity index (χ2n) is 4.82. The first-order chi connectivity index (χ1) is 8.83. The Balaban J connectivity index is 2.05. The highest BCUT2D eigenvalue weighted by atomic mass is 16.5. The minimum atomic E-state index is -0.297. The maximum absolute atomic E-state index is 11.4. The van der Waals surface area contributed by atoms with Crippen molar-refractivity contribution in [2.75, 3.05) is 0 Å². The van der Waals surface area contributed by atoms with Crippen LogP contribution in [0.1, 0.15) is 6.42 Å². The zero-order valence-corrected chi connectivity index (χ0v) is 9.71. The summed E-state index contributed by atoms with van der Waals surface area (Å²) in [6, 6.07) is 3.31. The van der Waals surface area contributed by atoms with Gasteiger partial charge in [0.25, 0.3) is 0 Å². The van der Waals surface area contributed by atoms with E-state index in [0.717, 1.165) is 17.2 Å². The van der Waals surface area contributed by atoms with Gasteiger partial charge in [0.15, 0.2) is 0 Å². The van der Waals surface area contributed by atoms with Crippen LogP contribution in [0.4, 0.5) is 0 Å². The Labute approximate surface area is 103 Å². The van der Waals surface area contributed by atoms with Gasteiger partial charge in [0.2, 0.25) is 0 Å². The monoisotopic (exact) mass is 240 g/mol. The van der Waals surface area contributed by atoms with Crippen molar-refractivity contribution in [3.05, 3.63) is 57.5 Å². The lowest BCUT2D eigenvalue weighted by molar-refractivity contribution is 0.0782. The van der Waals surface area contributed by atoms with E-state index in [0.29, 0.717) is 5.42 Å². The molecule has 0 bridgehead atoms. The largest absolute Gasteiger partial charge is 0.423 e. The van der Waals surface area contributed by atoms with Crippen LogP contribution >= 0.6 is 0 Å². The molecule has 1 aromatic rings. The average molecular weight is 240 g/mol. The summed E-state index contributed by atoms with van der Waals surface area (Å²) in [7, 11) is 0. The van der Waals surface area contributed by atoms with Crippen molar-refractivity contribution in [1.29, 1.82) is 0 Å². The predicted molar refractivity (Wildman–Crippen MR) is 67.1 cm³/mol. The minimum Gasteiger partial charge on any atom is -0.423 e. The van der Waals surface area contributed by atoms with E-state index in [9.17, 15) is 4.79 Å². The van der Waals surface area contributed by atoms with Gasteiger partial charge < -0.3 is 9.15 Å². The molecule has 0 N–H and O–H groups in total. The highest BCUT2D eigenvalue weighted by Crippen LogP contribution is 2.38. The van der Waals surface area contributed by atoms with Crippen LogP contribution in [-0.4, -0.2) is 12.2 Å². The van der Waals surface area contributed by atoms with Gasteiger partial charge in [-0.3, -0.25) is 0 Å². The van der Waals surface area contributed by atoms with E-state index in [4.69, 9.17) is 9.15 Å². The molecule has 2 heterocycles. The number of hydrogen-bond donors (Lipinski definition) is 0. The number of hydrogen-bond acceptors (Lipinski definition) is 3. The lowest BCUT2D eigenvalue weighted by Crippen LogP contribution is -2.37. The summed E-state index contributed by atoms with van der Waals surface area (Å²) < 4.78 is 11.4. The fraction of sp³-hybridized carbons (Fsp3) is 0.267. The average Bonchev–Trinajstić information content (AvgIpc) is 2.77. The predicted octanol–water partition coefficient (Wildman–Crippen LogP) is 0.484. The normalized spacial score (nSPS) is 31.6. The van der Waals surface area contributed by atoms with E-state index in [1.807, 2.05) is 18.2 Å². The van der Waals surface area contributed by atoms with Crippen LogP contribution in [0, 0.1) is 5.92 Å². The molecule has 2 aliphatic carbocycles. The Bertz CT molecular complexity index is 736. The number of fused-ring (bicyclic) bond motifs is 4. The van der Waals surface area contributed by atoms with Crippen molar-refractivity contribution in [2.24, 2.45) is 5.92 Å². The molecule has 0 spiro atoms. The Hall–Kier alpha value is -1.87. The van der Waals surface area contributed by atoms with Gasteiger partial charge >= 0.3 is 5.63 Å². The molecular weight excluding hydrogens is 228 g/mol. The topological polar surface area (TPSA) is 39.4 Å². The van der Waals surface area contributed by atoms with Crippen LogP contribution in [0.15, 0.2) is 45.6 Å². The van der Waals surface area contributed by atoms with Crippen molar-refractivity contribution in [2.45, 2.75) is 18.6 Å². The van der Waals surface area contributed by atoms with Crippen LogP contribution in [-0.2, 0) is 4.74 Å². The van der Waals surface area contributed by atoms with Crippen LogP contribution in [0.5, 0.6) is 0 Å². The third-order valence-corrected chi connectivity index (χ3v) is 3.79. The smallest absolute Gasteiger partial charge is 0.336 e. The minimum absolute atomic E-state index is 0.0467.